The van der Waals surface area contributed by atoms with Crippen LogP contribution in [0.1, 0.15) is 22.6 Å². The van der Waals surface area contributed by atoms with Gasteiger partial charge in [-0.2, -0.15) is 0 Å². The van der Waals surface area contributed by atoms with Crippen LogP contribution in [0.15, 0.2) is 72.8 Å². The van der Waals surface area contributed by atoms with E-state index in [-0.39, 0.29) is 5.92 Å². The van der Waals surface area contributed by atoms with Gasteiger partial charge in [-0.3, -0.25) is 0 Å². The minimum atomic E-state index is 0.232. The standard InChI is InChI=1S/C23H25IN2/c1-25(2)19-13-9-17(10-14-19)23(21-7-5-6-8-22(21)24)18-11-15-20(16-12-18)26(3)4/h5-16,23H,1-4H3. The zero-order chi connectivity index (χ0) is 18.7. The summed E-state index contributed by atoms with van der Waals surface area (Å²) in [5, 5.41) is 0. The minimum absolute atomic E-state index is 0.232. The predicted octanol–water partition coefficient (Wildman–Crippen LogP) is 5.60. The van der Waals surface area contributed by atoms with E-state index in [1.165, 1.54) is 31.6 Å². The summed E-state index contributed by atoms with van der Waals surface area (Å²) in [4.78, 5) is 4.27. The molecule has 0 bridgehead atoms. The first-order valence-electron chi connectivity index (χ1n) is 8.76. The number of nitrogens with zero attached hydrogens (tertiary/aromatic N) is 2. The van der Waals surface area contributed by atoms with E-state index in [1.54, 1.807) is 0 Å². The van der Waals surface area contributed by atoms with Gasteiger partial charge in [0.15, 0.2) is 0 Å². The highest BCUT2D eigenvalue weighted by Gasteiger charge is 2.19. The van der Waals surface area contributed by atoms with Gasteiger partial charge in [0.2, 0.25) is 0 Å². The summed E-state index contributed by atoms with van der Waals surface area (Å²) in [6.45, 7) is 0. The van der Waals surface area contributed by atoms with Crippen LogP contribution in [0.3, 0.4) is 0 Å². The molecule has 0 unspecified atom stereocenters. The van der Waals surface area contributed by atoms with Gasteiger partial charge in [-0.15, -0.1) is 0 Å². The Hall–Kier alpha value is -2.01. The van der Waals surface area contributed by atoms with Gasteiger partial charge in [-0.25, -0.2) is 0 Å². The molecular formula is C23H25IN2. The molecule has 0 amide bonds. The number of rotatable bonds is 5. The van der Waals surface area contributed by atoms with Crippen LogP contribution >= 0.6 is 22.6 Å². The highest BCUT2D eigenvalue weighted by molar-refractivity contribution is 14.1. The monoisotopic (exact) mass is 456 g/mol. The Bertz CT molecular complexity index is 801. The maximum absolute atomic E-state index is 2.45. The SMILES string of the molecule is CN(C)c1ccc(C(c2ccc(N(C)C)cc2)c2ccccc2I)cc1. The van der Waals surface area contributed by atoms with Gasteiger partial charge in [0, 0.05) is 49.1 Å². The molecule has 0 saturated heterocycles. The van der Waals surface area contributed by atoms with Crippen LogP contribution in [-0.2, 0) is 0 Å². The Balaban J connectivity index is 2.09. The maximum Gasteiger partial charge on any atom is 0.0361 e. The van der Waals surface area contributed by atoms with E-state index in [0.717, 1.165) is 0 Å². The van der Waals surface area contributed by atoms with Crippen molar-refractivity contribution in [2.75, 3.05) is 38.0 Å². The molecule has 3 aromatic rings. The van der Waals surface area contributed by atoms with Gasteiger partial charge in [-0.05, 0) is 69.6 Å². The van der Waals surface area contributed by atoms with Crippen LogP contribution in [0.25, 0.3) is 0 Å². The molecule has 0 heterocycles. The Morgan fingerprint density at radius 1 is 0.615 bits per heavy atom. The lowest BCUT2D eigenvalue weighted by molar-refractivity contribution is 0.965. The summed E-state index contributed by atoms with van der Waals surface area (Å²) in [5.41, 5.74) is 6.43. The molecule has 0 N–H and O–H groups in total. The molecule has 0 spiro atoms. The average molecular weight is 456 g/mol. The van der Waals surface area contributed by atoms with Crippen LogP contribution < -0.4 is 9.80 Å². The van der Waals surface area contributed by atoms with Crippen molar-refractivity contribution in [3.63, 3.8) is 0 Å². The molecule has 3 aromatic carbocycles. The summed E-state index contributed by atoms with van der Waals surface area (Å²) >= 11 is 2.45. The summed E-state index contributed by atoms with van der Waals surface area (Å²) in [7, 11) is 8.30. The van der Waals surface area contributed by atoms with Gasteiger partial charge < -0.3 is 9.80 Å². The molecule has 0 saturated carbocycles. The minimum Gasteiger partial charge on any atom is -0.378 e. The highest BCUT2D eigenvalue weighted by atomic mass is 127. The van der Waals surface area contributed by atoms with Crippen LogP contribution in [0.4, 0.5) is 11.4 Å². The second-order valence-corrected chi connectivity index (χ2v) is 8.09. The van der Waals surface area contributed by atoms with Gasteiger partial charge in [0.05, 0.1) is 0 Å². The van der Waals surface area contributed by atoms with Crippen molar-refractivity contribution in [1.82, 2.24) is 0 Å². The lowest BCUT2D eigenvalue weighted by atomic mass is 9.85. The molecule has 0 atom stereocenters. The molecule has 0 radical (unpaired) electrons. The van der Waals surface area contributed by atoms with Gasteiger partial charge in [0.1, 0.15) is 0 Å². The van der Waals surface area contributed by atoms with E-state index in [9.17, 15) is 0 Å². The largest absolute Gasteiger partial charge is 0.378 e. The molecular weight excluding hydrogens is 431 g/mol. The van der Waals surface area contributed by atoms with Gasteiger partial charge in [0.25, 0.3) is 0 Å². The van der Waals surface area contributed by atoms with Crippen LogP contribution in [-0.4, -0.2) is 28.2 Å². The average Bonchev–Trinajstić information content (AvgIpc) is 2.64. The van der Waals surface area contributed by atoms with E-state index in [1.807, 2.05) is 0 Å². The smallest absolute Gasteiger partial charge is 0.0361 e. The number of hydrogen-bond acceptors (Lipinski definition) is 2. The molecule has 2 nitrogen and oxygen atoms in total. The third-order valence-electron chi connectivity index (χ3n) is 4.70. The second-order valence-electron chi connectivity index (χ2n) is 6.93. The molecule has 3 heteroatoms. The fourth-order valence-corrected chi connectivity index (χ4v) is 3.89. The number of anilines is 2. The molecule has 0 fully saturated rings. The Morgan fingerprint density at radius 2 is 1.04 bits per heavy atom. The Labute approximate surface area is 170 Å². The topological polar surface area (TPSA) is 6.48 Å². The van der Waals surface area contributed by atoms with E-state index in [0.29, 0.717) is 0 Å². The van der Waals surface area contributed by atoms with Crippen molar-refractivity contribution in [2.45, 2.75) is 5.92 Å². The quantitative estimate of drug-likeness (QED) is 0.364. The third kappa shape index (κ3) is 4.04. The Kier molecular flexibility index (Phi) is 5.87. The summed E-state index contributed by atoms with van der Waals surface area (Å²) in [6, 6.07) is 26.5. The lowest BCUT2D eigenvalue weighted by Crippen LogP contribution is -2.10. The second kappa shape index (κ2) is 8.12. The molecule has 3 rings (SSSR count). The van der Waals surface area contributed by atoms with Crippen molar-refractivity contribution in [2.24, 2.45) is 0 Å². The van der Waals surface area contributed by atoms with E-state index in [4.69, 9.17) is 0 Å². The summed E-state index contributed by atoms with van der Waals surface area (Å²) in [6.07, 6.45) is 0. The molecule has 0 aromatic heterocycles. The van der Waals surface area contributed by atoms with Crippen LogP contribution in [0.5, 0.6) is 0 Å². The lowest BCUT2D eigenvalue weighted by Gasteiger charge is -2.22. The van der Waals surface area contributed by atoms with Crippen molar-refractivity contribution in [3.8, 4) is 0 Å². The number of benzene rings is 3. The molecule has 134 valence electrons. The highest BCUT2D eigenvalue weighted by Crippen LogP contribution is 2.35. The first-order valence-corrected chi connectivity index (χ1v) is 9.84. The molecule has 0 aliphatic rings. The predicted molar refractivity (Wildman–Crippen MR) is 122 cm³/mol. The van der Waals surface area contributed by atoms with E-state index < -0.39 is 0 Å². The number of hydrogen-bond donors (Lipinski definition) is 0. The fourth-order valence-electron chi connectivity index (χ4n) is 3.19. The molecule has 26 heavy (non-hydrogen) atoms. The summed E-state index contributed by atoms with van der Waals surface area (Å²) in [5.74, 6) is 0.232. The van der Waals surface area contributed by atoms with Crippen molar-refractivity contribution in [1.29, 1.82) is 0 Å². The van der Waals surface area contributed by atoms with Gasteiger partial charge >= 0.3 is 0 Å². The summed E-state index contributed by atoms with van der Waals surface area (Å²) < 4.78 is 1.29. The van der Waals surface area contributed by atoms with Crippen LogP contribution in [0.2, 0.25) is 0 Å². The zero-order valence-corrected chi connectivity index (χ0v) is 17.9. The number of halogens is 1. The normalized spacial score (nSPS) is 10.8. The van der Waals surface area contributed by atoms with Gasteiger partial charge in [-0.1, -0.05) is 42.5 Å². The Morgan fingerprint density at radius 3 is 1.42 bits per heavy atom. The molecule has 0 aliphatic heterocycles. The van der Waals surface area contributed by atoms with Crippen molar-refractivity contribution in [3.05, 3.63) is 93.1 Å². The van der Waals surface area contributed by atoms with Crippen molar-refractivity contribution >= 4 is 34.0 Å². The fraction of sp³-hybridized carbons (Fsp3) is 0.217. The van der Waals surface area contributed by atoms with Crippen LogP contribution in [0, 0.1) is 3.57 Å². The molecule has 0 aliphatic carbocycles. The maximum atomic E-state index is 2.45. The zero-order valence-electron chi connectivity index (χ0n) is 15.8. The first kappa shape index (κ1) is 18.8. The first-order chi connectivity index (χ1) is 12.5. The van der Waals surface area contributed by atoms with Crippen molar-refractivity contribution < 1.29 is 0 Å². The third-order valence-corrected chi connectivity index (χ3v) is 5.68. The van der Waals surface area contributed by atoms with E-state index in [2.05, 4.69) is 133 Å². The van der Waals surface area contributed by atoms with E-state index >= 15 is 0 Å².